The van der Waals surface area contributed by atoms with Crippen LogP contribution in [0, 0.1) is 0 Å². The average Bonchev–Trinajstić information content (AvgIpc) is 3.00. The number of rotatable bonds is 2. The van der Waals surface area contributed by atoms with E-state index in [1.807, 2.05) is 42.5 Å². The van der Waals surface area contributed by atoms with Crippen molar-refractivity contribution in [2.45, 2.75) is 0 Å². The predicted octanol–water partition coefficient (Wildman–Crippen LogP) is 3.63. The van der Waals surface area contributed by atoms with Crippen molar-refractivity contribution in [1.82, 2.24) is 20.2 Å². The quantitative estimate of drug-likeness (QED) is 0.591. The van der Waals surface area contributed by atoms with Gasteiger partial charge in [0.15, 0.2) is 5.65 Å². The first-order valence-corrected chi connectivity index (χ1v) is 7.40. The van der Waals surface area contributed by atoms with Gasteiger partial charge in [-0.2, -0.15) is 5.10 Å². The Labute approximate surface area is 136 Å². The Hall–Kier alpha value is -2.92. The molecule has 2 heterocycles. The maximum absolute atomic E-state index is 12.5. The molecule has 0 saturated carbocycles. The molecule has 0 unspecified atom stereocenters. The number of halogens is 1. The lowest BCUT2D eigenvalue weighted by Crippen LogP contribution is -2.09. The zero-order chi connectivity index (χ0) is 15.8. The van der Waals surface area contributed by atoms with E-state index in [0.29, 0.717) is 27.6 Å². The molecule has 23 heavy (non-hydrogen) atoms. The van der Waals surface area contributed by atoms with Crippen LogP contribution in [0.3, 0.4) is 0 Å². The topological polar surface area (TPSA) is 74.4 Å². The summed E-state index contributed by atoms with van der Waals surface area (Å²) in [7, 11) is 0. The summed E-state index contributed by atoms with van der Waals surface area (Å²) >= 11 is 6.00. The van der Waals surface area contributed by atoms with Crippen molar-refractivity contribution in [2.24, 2.45) is 0 Å². The Balaban J connectivity index is 1.93. The van der Waals surface area contributed by atoms with Crippen LogP contribution in [0.2, 0.25) is 5.02 Å². The molecule has 112 valence electrons. The number of H-pyrrole nitrogens is 2. The maximum Gasteiger partial charge on any atom is 0.262 e. The van der Waals surface area contributed by atoms with E-state index in [1.54, 1.807) is 12.1 Å². The van der Waals surface area contributed by atoms with E-state index in [9.17, 15) is 4.79 Å². The third kappa shape index (κ3) is 2.41. The van der Waals surface area contributed by atoms with Crippen LogP contribution in [-0.2, 0) is 0 Å². The Morgan fingerprint density at radius 3 is 2.52 bits per heavy atom. The Morgan fingerprint density at radius 2 is 1.74 bits per heavy atom. The minimum atomic E-state index is -0.238. The molecule has 4 aromatic rings. The van der Waals surface area contributed by atoms with Crippen LogP contribution >= 0.6 is 11.6 Å². The second-order valence-corrected chi connectivity index (χ2v) is 5.52. The molecule has 2 aromatic carbocycles. The van der Waals surface area contributed by atoms with Gasteiger partial charge in [-0.1, -0.05) is 54.1 Å². The lowest BCUT2D eigenvalue weighted by molar-refractivity contribution is 1.09. The van der Waals surface area contributed by atoms with Crippen molar-refractivity contribution in [3.05, 3.63) is 70.0 Å². The highest BCUT2D eigenvalue weighted by Gasteiger charge is 2.14. The first kappa shape index (κ1) is 13.7. The summed E-state index contributed by atoms with van der Waals surface area (Å²) in [6, 6.07) is 16.7. The lowest BCUT2D eigenvalue weighted by Gasteiger charge is -2.02. The van der Waals surface area contributed by atoms with Crippen LogP contribution in [0.4, 0.5) is 0 Å². The van der Waals surface area contributed by atoms with Gasteiger partial charge >= 0.3 is 0 Å². The Bertz CT molecular complexity index is 1050. The summed E-state index contributed by atoms with van der Waals surface area (Å²) in [6.45, 7) is 0. The molecular weight excluding hydrogens is 312 g/mol. The van der Waals surface area contributed by atoms with Crippen molar-refractivity contribution in [2.75, 3.05) is 0 Å². The van der Waals surface area contributed by atoms with Crippen LogP contribution in [-0.4, -0.2) is 20.2 Å². The molecule has 0 bridgehead atoms. The molecule has 5 nitrogen and oxygen atoms in total. The van der Waals surface area contributed by atoms with Crippen molar-refractivity contribution in [3.8, 4) is 22.6 Å². The highest BCUT2D eigenvalue weighted by Crippen LogP contribution is 2.24. The van der Waals surface area contributed by atoms with Gasteiger partial charge in [0.1, 0.15) is 11.2 Å². The summed E-state index contributed by atoms with van der Waals surface area (Å²) in [5, 5.41) is 8.10. The second kappa shape index (κ2) is 5.37. The Morgan fingerprint density at radius 1 is 0.957 bits per heavy atom. The largest absolute Gasteiger partial charge is 0.306 e. The standard InChI is InChI=1S/C17H11ClN4O/c18-12-8-4-7-11(9-12)15-19-16-13(17(23)20-15)14(21-22-16)10-5-2-1-3-6-10/h1-9H,(H2,19,20,21,22,23). The molecule has 0 aliphatic rings. The molecule has 2 aromatic heterocycles. The molecule has 0 atom stereocenters. The number of hydrogen-bond acceptors (Lipinski definition) is 3. The number of nitrogens with zero attached hydrogens (tertiary/aromatic N) is 2. The minimum Gasteiger partial charge on any atom is -0.306 e. The zero-order valence-corrected chi connectivity index (χ0v) is 12.6. The van der Waals surface area contributed by atoms with Gasteiger partial charge in [-0.15, -0.1) is 0 Å². The molecule has 0 spiro atoms. The molecule has 0 amide bonds. The van der Waals surface area contributed by atoms with Crippen molar-refractivity contribution in [3.63, 3.8) is 0 Å². The fraction of sp³-hybridized carbons (Fsp3) is 0. The summed E-state index contributed by atoms with van der Waals surface area (Å²) in [5.74, 6) is 0.441. The fourth-order valence-electron chi connectivity index (χ4n) is 2.52. The fourth-order valence-corrected chi connectivity index (χ4v) is 2.71. The van der Waals surface area contributed by atoms with Gasteiger partial charge in [0, 0.05) is 16.1 Å². The molecule has 0 fully saturated rings. The zero-order valence-electron chi connectivity index (χ0n) is 11.9. The van der Waals surface area contributed by atoms with Crippen molar-refractivity contribution >= 4 is 22.6 Å². The number of aromatic nitrogens is 4. The molecular formula is C17H11ClN4O. The van der Waals surface area contributed by atoms with Crippen molar-refractivity contribution < 1.29 is 0 Å². The monoisotopic (exact) mass is 322 g/mol. The predicted molar refractivity (Wildman–Crippen MR) is 90.4 cm³/mol. The van der Waals surface area contributed by atoms with E-state index in [2.05, 4.69) is 20.2 Å². The normalized spacial score (nSPS) is 11.0. The van der Waals surface area contributed by atoms with Gasteiger partial charge in [0.05, 0.1) is 5.69 Å². The van der Waals surface area contributed by atoms with Crippen molar-refractivity contribution in [1.29, 1.82) is 0 Å². The minimum absolute atomic E-state index is 0.238. The average molecular weight is 323 g/mol. The van der Waals surface area contributed by atoms with E-state index >= 15 is 0 Å². The SMILES string of the molecule is O=c1[nH]c(-c2cccc(Cl)c2)nc2n[nH]c(-c3ccccc3)c12. The van der Waals surface area contributed by atoms with Crippen LogP contribution in [0.5, 0.6) is 0 Å². The molecule has 4 rings (SSSR count). The van der Waals surface area contributed by atoms with E-state index in [0.717, 1.165) is 11.1 Å². The summed E-state index contributed by atoms with van der Waals surface area (Å²) < 4.78 is 0. The summed E-state index contributed by atoms with van der Waals surface area (Å²) in [6.07, 6.45) is 0. The molecule has 0 aliphatic carbocycles. The molecule has 0 aliphatic heterocycles. The first-order chi connectivity index (χ1) is 11.2. The third-order valence-corrected chi connectivity index (χ3v) is 3.82. The molecule has 0 radical (unpaired) electrons. The molecule has 2 N–H and O–H groups in total. The van der Waals surface area contributed by atoms with Gasteiger partial charge in [-0.05, 0) is 12.1 Å². The molecule has 6 heteroatoms. The lowest BCUT2D eigenvalue weighted by atomic mass is 10.1. The summed E-state index contributed by atoms with van der Waals surface area (Å²) in [5.41, 5.74) is 2.42. The number of hydrogen-bond donors (Lipinski definition) is 2. The number of aromatic amines is 2. The van der Waals surface area contributed by atoms with E-state index in [1.165, 1.54) is 0 Å². The Kier molecular flexibility index (Phi) is 3.20. The van der Waals surface area contributed by atoms with Crippen LogP contribution in [0.1, 0.15) is 0 Å². The van der Waals surface area contributed by atoms with Crippen LogP contribution < -0.4 is 5.56 Å². The third-order valence-electron chi connectivity index (χ3n) is 3.58. The van der Waals surface area contributed by atoms with Gasteiger partial charge in [-0.3, -0.25) is 9.89 Å². The highest BCUT2D eigenvalue weighted by atomic mass is 35.5. The van der Waals surface area contributed by atoms with Gasteiger partial charge in [0.2, 0.25) is 0 Å². The van der Waals surface area contributed by atoms with E-state index in [-0.39, 0.29) is 5.56 Å². The number of benzene rings is 2. The maximum atomic E-state index is 12.5. The van der Waals surface area contributed by atoms with Gasteiger partial charge in [-0.25, -0.2) is 4.98 Å². The van der Waals surface area contributed by atoms with Crippen LogP contribution in [0.25, 0.3) is 33.7 Å². The first-order valence-electron chi connectivity index (χ1n) is 7.02. The number of nitrogens with one attached hydrogen (secondary N) is 2. The summed E-state index contributed by atoms with van der Waals surface area (Å²) in [4.78, 5) is 19.8. The second-order valence-electron chi connectivity index (χ2n) is 5.09. The van der Waals surface area contributed by atoms with Crippen LogP contribution in [0.15, 0.2) is 59.4 Å². The van der Waals surface area contributed by atoms with Gasteiger partial charge in [0.25, 0.3) is 5.56 Å². The smallest absolute Gasteiger partial charge is 0.262 e. The highest BCUT2D eigenvalue weighted by molar-refractivity contribution is 6.30. The van der Waals surface area contributed by atoms with E-state index in [4.69, 9.17) is 11.6 Å². The van der Waals surface area contributed by atoms with E-state index < -0.39 is 0 Å². The van der Waals surface area contributed by atoms with Gasteiger partial charge < -0.3 is 4.98 Å². The molecule has 0 saturated heterocycles. The number of fused-ring (bicyclic) bond motifs is 1.